The maximum Gasteiger partial charge on any atom is 0.251 e. The molecule has 0 bridgehead atoms. The van der Waals surface area contributed by atoms with Crippen LogP contribution >= 0.6 is 0 Å². The monoisotopic (exact) mass is 476 g/mol. The summed E-state index contributed by atoms with van der Waals surface area (Å²) in [7, 11) is 0. The van der Waals surface area contributed by atoms with Crippen LogP contribution in [-0.2, 0) is 24.1 Å². The molecule has 2 aromatic carbocycles. The van der Waals surface area contributed by atoms with Crippen LogP contribution in [0.4, 0.5) is 0 Å². The number of rotatable bonds is 11. The van der Waals surface area contributed by atoms with E-state index < -0.39 is 0 Å². The van der Waals surface area contributed by atoms with Crippen molar-refractivity contribution in [3.63, 3.8) is 0 Å². The quantitative estimate of drug-likeness (QED) is 0.438. The standard InChI is InChI=1S/C30H40N2O3/c33-30(24-11-14-28(15-12-24)35-21-29-7-3-17-34-29)32-27-13-10-25-18-23(8-9-26(25)19-27)20-31-16-2-6-22-4-1-5-22/h8-9,11-12,14-15,18,22,27,29,31H,1-7,10,13,16-17,19-21H2,(H,32,33)/t27-,29-/m0/s1. The molecule has 188 valence electrons. The van der Waals surface area contributed by atoms with Crippen molar-refractivity contribution in [1.82, 2.24) is 10.6 Å². The average molecular weight is 477 g/mol. The van der Waals surface area contributed by atoms with Gasteiger partial charge in [-0.15, -0.1) is 0 Å². The summed E-state index contributed by atoms with van der Waals surface area (Å²) >= 11 is 0. The van der Waals surface area contributed by atoms with Gasteiger partial charge in [0, 0.05) is 24.8 Å². The fraction of sp³-hybridized carbons (Fsp3) is 0.567. The molecule has 2 aromatic rings. The van der Waals surface area contributed by atoms with Gasteiger partial charge >= 0.3 is 0 Å². The van der Waals surface area contributed by atoms with Crippen molar-refractivity contribution >= 4 is 5.91 Å². The van der Waals surface area contributed by atoms with Gasteiger partial charge in [-0.05, 0) is 98.4 Å². The smallest absolute Gasteiger partial charge is 0.251 e. The van der Waals surface area contributed by atoms with Crippen molar-refractivity contribution < 1.29 is 14.3 Å². The van der Waals surface area contributed by atoms with Crippen LogP contribution in [0.2, 0.25) is 0 Å². The van der Waals surface area contributed by atoms with Crippen LogP contribution in [0.25, 0.3) is 0 Å². The molecule has 2 fully saturated rings. The van der Waals surface area contributed by atoms with Crippen LogP contribution in [0.3, 0.4) is 0 Å². The highest BCUT2D eigenvalue weighted by Gasteiger charge is 2.21. The molecule has 2 N–H and O–H groups in total. The normalized spacial score (nSPS) is 21.8. The molecule has 2 aliphatic carbocycles. The maximum absolute atomic E-state index is 12.8. The highest BCUT2D eigenvalue weighted by molar-refractivity contribution is 5.94. The van der Waals surface area contributed by atoms with Crippen molar-refractivity contribution in [2.24, 2.45) is 5.92 Å². The van der Waals surface area contributed by atoms with Crippen molar-refractivity contribution in [2.45, 2.75) is 82.9 Å². The Kier molecular flexibility index (Phi) is 8.37. The summed E-state index contributed by atoms with van der Waals surface area (Å²) in [6.45, 7) is 3.47. The summed E-state index contributed by atoms with van der Waals surface area (Å²) in [4.78, 5) is 12.8. The predicted molar refractivity (Wildman–Crippen MR) is 139 cm³/mol. The third-order valence-corrected chi connectivity index (χ3v) is 7.93. The van der Waals surface area contributed by atoms with E-state index in [-0.39, 0.29) is 18.1 Å². The number of hydrogen-bond acceptors (Lipinski definition) is 4. The molecule has 3 aliphatic rings. The zero-order valence-electron chi connectivity index (χ0n) is 20.9. The van der Waals surface area contributed by atoms with Gasteiger partial charge in [-0.3, -0.25) is 4.79 Å². The number of amides is 1. The number of benzene rings is 2. The van der Waals surface area contributed by atoms with E-state index in [9.17, 15) is 4.79 Å². The molecular weight excluding hydrogens is 436 g/mol. The Hall–Kier alpha value is -2.37. The van der Waals surface area contributed by atoms with Crippen LogP contribution in [0.15, 0.2) is 42.5 Å². The van der Waals surface area contributed by atoms with E-state index in [2.05, 4.69) is 28.8 Å². The lowest BCUT2D eigenvalue weighted by atomic mass is 9.82. The Bertz CT molecular complexity index is 964. The third kappa shape index (κ3) is 6.86. The number of ether oxygens (including phenoxy) is 2. The van der Waals surface area contributed by atoms with Crippen LogP contribution in [0, 0.1) is 5.92 Å². The van der Waals surface area contributed by atoms with Gasteiger partial charge in [0.15, 0.2) is 0 Å². The molecule has 2 atom stereocenters. The van der Waals surface area contributed by atoms with Crippen LogP contribution in [-0.4, -0.2) is 37.8 Å². The molecule has 0 spiro atoms. The largest absolute Gasteiger partial charge is 0.491 e. The van der Waals surface area contributed by atoms with E-state index in [1.54, 1.807) is 0 Å². The second-order valence-electron chi connectivity index (χ2n) is 10.6. The van der Waals surface area contributed by atoms with Gasteiger partial charge in [0.1, 0.15) is 12.4 Å². The first-order chi connectivity index (χ1) is 17.2. The zero-order chi connectivity index (χ0) is 23.9. The lowest BCUT2D eigenvalue weighted by Gasteiger charge is -2.26. The number of hydrogen-bond donors (Lipinski definition) is 2. The van der Waals surface area contributed by atoms with Gasteiger partial charge in [0.25, 0.3) is 5.91 Å². The molecule has 0 unspecified atom stereocenters. The lowest BCUT2D eigenvalue weighted by Crippen LogP contribution is -2.38. The molecule has 1 saturated heterocycles. The number of carbonyl (C=O) groups excluding carboxylic acids is 1. The van der Waals surface area contributed by atoms with Gasteiger partial charge in [-0.1, -0.05) is 37.5 Å². The van der Waals surface area contributed by atoms with Gasteiger partial charge in [0.05, 0.1) is 6.10 Å². The summed E-state index contributed by atoms with van der Waals surface area (Å²) in [5.74, 6) is 1.78. The van der Waals surface area contributed by atoms with Gasteiger partial charge in [-0.2, -0.15) is 0 Å². The first-order valence-corrected chi connectivity index (χ1v) is 13.7. The number of carbonyl (C=O) groups is 1. The molecule has 0 radical (unpaired) electrons. The highest BCUT2D eigenvalue weighted by Crippen LogP contribution is 2.30. The van der Waals surface area contributed by atoms with Crippen LogP contribution in [0.5, 0.6) is 5.75 Å². The molecule has 5 heteroatoms. The van der Waals surface area contributed by atoms with Gasteiger partial charge in [-0.25, -0.2) is 0 Å². The van der Waals surface area contributed by atoms with E-state index in [0.717, 1.165) is 63.5 Å². The number of fused-ring (bicyclic) bond motifs is 1. The average Bonchev–Trinajstić information content (AvgIpc) is 3.38. The van der Waals surface area contributed by atoms with E-state index >= 15 is 0 Å². The van der Waals surface area contributed by atoms with E-state index in [1.807, 2.05) is 24.3 Å². The molecular formula is C30H40N2O3. The van der Waals surface area contributed by atoms with Crippen LogP contribution in [0.1, 0.15) is 78.4 Å². The molecule has 1 aliphatic heterocycles. The fourth-order valence-corrected chi connectivity index (χ4v) is 5.51. The zero-order valence-corrected chi connectivity index (χ0v) is 20.9. The molecule has 5 rings (SSSR count). The van der Waals surface area contributed by atoms with Crippen LogP contribution < -0.4 is 15.4 Å². The summed E-state index contributed by atoms with van der Waals surface area (Å²) in [6.07, 6.45) is 12.3. The maximum atomic E-state index is 12.8. The lowest BCUT2D eigenvalue weighted by molar-refractivity contribution is 0.0679. The SMILES string of the molecule is O=C(N[C@H]1CCc2cc(CNCCCC3CCC3)ccc2C1)c1ccc(OC[C@@H]2CCCO2)cc1. The van der Waals surface area contributed by atoms with Gasteiger partial charge in [0.2, 0.25) is 0 Å². The van der Waals surface area contributed by atoms with Gasteiger partial charge < -0.3 is 20.1 Å². The van der Waals surface area contributed by atoms with E-state index in [1.165, 1.54) is 48.8 Å². The van der Waals surface area contributed by atoms with E-state index in [4.69, 9.17) is 9.47 Å². The molecule has 5 nitrogen and oxygen atoms in total. The Labute approximate surface area is 210 Å². The summed E-state index contributed by atoms with van der Waals surface area (Å²) in [5, 5.41) is 6.86. The fourth-order valence-electron chi connectivity index (χ4n) is 5.51. The molecule has 35 heavy (non-hydrogen) atoms. The van der Waals surface area contributed by atoms with Crippen molar-refractivity contribution in [3.8, 4) is 5.75 Å². The Morgan fingerprint density at radius 1 is 1.00 bits per heavy atom. The van der Waals surface area contributed by atoms with Crippen molar-refractivity contribution in [1.29, 1.82) is 0 Å². The van der Waals surface area contributed by atoms with Crippen molar-refractivity contribution in [3.05, 3.63) is 64.7 Å². The van der Waals surface area contributed by atoms with Crippen molar-refractivity contribution in [2.75, 3.05) is 19.8 Å². The summed E-state index contributed by atoms with van der Waals surface area (Å²) in [5.41, 5.74) is 4.86. The molecule has 0 aromatic heterocycles. The summed E-state index contributed by atoms with van der Waals surface area (Å²) < 4.78 is 11.4. The second-order valence-corrected chi connectivity index (χ2v) is 10.6. The minimum absolute atomic E-state index is 0.00755. The summed E-state index contributed by atoms with van der Waals surface area (Å²) in [6, 6.07) is 14.5. The molecule has 1 amide bonds. The highest BCUT2D eigenvalue weighted by atomic mass is 16.5. The molecule has 1 saturated carbocycles. The third-order valence-electron chi connectivity index (χ3n) is 7.93. The first kappa shape index (κ1) is 24.3. The second kappa shape index (κ2) is 12.0. The number of nitrogens with one attached hydrogen (secondary N) is 2. The number of aryl methyl sites for hydroxylation is 1. The Balaban J connectivity index is 1.05. The topological polar surface area (TPSA) is 59.6 Å². The predicted octanol–water partition coefficient (Wildman–Crippen LogP) is 5.20. The Morgan fingerprint density at radius 3 is 2.66 bits per heavy atom. The Morgan fingerprint density at radius 2 is 1.89 bits per heavy atom. The minimum Gasteiger partial charge on any atom is -0.491 e. The van der Waals surface area contributed by atoms with E-state index in [0.29, 0.717) is 12.2 Å². The molecule has 1 heterocycles. The minimum atomic E-state index is -0.00755. The first-order valence-electron chi connectivity index (χ1n) is 13.7.